The molecule has 1 aromatic rings. The first kappa shape index (κ1) is 29.2. The molecule has 0 aliphatic rings. The van der Waals surface area contributed by atoms with E-state index in [9.17, 15) is 19.8 Å². The molecule has 2 atom stereocenters. The average molecular weight is 471 g/mol. The Morgan fingerprint density at radius 2 is 1.71 bits per heavy atom. The molecule has 0 aromatic heterocycles. The number of ether oxygens (including phenoxy) is 1. The molecule has 0 fully saturated rings. The molecule has 0 aliphatic carbocycles. The predicted octanol–water partition coefficient (Wildman–Crippen LogP) is 6.89. The summed E-state index contributed by atoms with van der Waals surface area (Å²) in [6, 6.07) is 3.09. The molecule has 0 amide bonds. The molecule has 188 valence electrons. The van der Waals surface area contributed by atoms with E-state index in [4.69, 9.17) is 4.74 Å². The van der Waals surface area contributed by atoms with Crippen LogP contribution in [0.4, 0.5) is 0 Å². The van der Waals surface area contributed by atoms with Crippen LogP contribution in [0.25, 0.3) is 0 Å². The maximum atomic E-state index is 12.2. The number of aromatic hydroxyl groups is 2. The first-order valence-corrected chi connectivity index (χ1v) is 12.1. The lowest BCUT2D eigenvalue weighted by molar-refractivity contribution is -0.144. The molecule has 5 nitrogen and oxygen atoms in total. The van der Waals surface area contributed by atoms with Crippen molar-refractivity contribution in [2.75, 3.05) is 0 Å². The standard InChI is InChI=1S/C29H42O5/c1-19(2)11-14-28(32)22(5)10-8-9-20(3)15-27(34-24(7)30)16-21(4)12-13-25-18-26(31)17-23(6)29(25)33/h11-12,15,17-18,22,27,31,33H,8-10,13-14,16H2,1-7H3/b20-15+,21-12+/t22-,27+/m0/s1. The normalized spacial score (nSPS) is 13.9. The van der Waals surface area contributed by atoms with Crippen LogP contribution in [-0.4, -0.2) is 28.1 Å². The summed E-state index contributed by atoms with van der Waals surface area (Å²) in [6.45, 7) is 13.1. The minimum Gasteiger partial charge on any atom is -0.508 e. The molecule has 0 aliphatic heterocycles. The fraction of sp³-hybridized carbons (Fsp3) is 0.517. The first-order chi connectivity index (χ1) is 15.9. The number of carbonyl (C=O) groups excluding carboxylic acids is 2. The van der Waals surface area contributed by atoms with Crippen molar-refractivity contribution in [3.05, 3.63) is 58.2 Å². The number of benzene rings is 1. The highest BCUT2D eigenvalue weighted by molar-refractivity contribution is 5.82. The molecule has 0 bridgehead atoms. The average Bonchev–Trinajstić information content (AvgIpc) is 2.72. The number of phenols is 2. The fourth-order valence-corrected chi connectivity index (χ4v) is 3.77. The van der Waals surface area contributed by atoms with Crippen molar-refractivity contribution >= 4 is 11.8 Å². The van der Waals surface area contributed by atoms with Gasteiger partial charge in [0.05, 0.1) is 0 Å². The summed E-state index contributed by atoms with van der Waals surface area (Å²) < 4.78 is 5.52. The highest BCUT2D eigenvalue weighted by Gasteiger charge is 2.14. The molecule has 1 aromatic carbocycles. The molecular weight excluding hydrogens is 428 g/mol. The second kappa shape index (κ2) is 14.4. The lowest BCUT2D eigenvalue weighted by Crippen LogP contribution is -2.15. The summed E-state index contributed by atoms with van der Waals surface area (Å²) in [5.74, 6) is 0.287. The summed E-state index contributed by atoms with van der Waals surface area (Å²) in [7, 11) is 0. The maximum absolute atomic E-state index is 12.2. The third kappa shape index (κ3) is 11.4. The lowest BCUT2D eigenvalue weighted by Gasteiger charge is -2.16. The number of rotatable bonds is 13. The minimum atomic E-state index is -0.370. The van der Waals surface area contributed by atoms with Crippen LogP contribution in [-0.2, 0) is 20.7 Å². The quantitative estimate of drug-likeness (QED) is 0.186. The maximum Gasteiger partial charge on any atom is 0.303 e. The third-order valence-electron chi connectivity index (χ3n) is 5.81. The number of phenolic OH excluding ortho intramolecular Hbond substituents is 2. The number of hydrogen-bond donors (Lipinski definition) is 2. The number of carbonyl (C=O) groups is 2. The molecule has 0 saturated heterocycles. The van der Waals surface area contributed by atoms with Gasteiger partial charge >= 0.3 is 5.97 Å². The number of hydrogen-bond acceptors (Lipinski definition) is 5. The largest absolute Gasteiger partial charge is 0.508 e. The summed E-state index contributed by atoms with van der Waals surface area (Å²) >= 11 is 0. The number of ketones is 1. The number of allylic oxidation sites excluding steroid dienone is 4. The van der Waals surface area contributed by atoms with Crippen LogP contribution in [0.5, 0.6) is 11.5 Å². The Morgan fingerprint density at radius 1 is 1.03 bits per heavy atom. The molecule has 0 radical (unpaired) electrons. The lowest BCUT2D eigenvalue weighted by atomic mass is 9.95. The summed E-state index contributed by atoms with van der Waals surface area (Å²) in [5.41, 5.74) is 4.60. The Bertz CT molecular complexity index is 932. The molecule has 5 heteroatoms. The van der Waals surface area contributed by atoms with Gasteiger partial charge in [-0.2, -0.15) is 0 Å². The van der Waals surface area contributed by atoms with E-state index in [1.165, 1.54) is 13.0 Å². The van der Waals surface area contributed by atoms with Crippen molar-refractivity contribution in [1.29, 1.82) is 0 Å². The molecule has 1 rings (SSSR count). The zero-order valence-electron chi connectivity index (χ0n) is 21.9. The molecule has 0 unspecified atom stereocenters. The number of Topliss-reactive ketones (excluding diaryl/α,β-unsaturated/α-hetero) is 1. The van der Waals surface area contributed by atoms with Gasteiger partial charge in [0, 0.05) is 31.2 Å². The molecule has 0 saturated carbocycles. The third-order valence-corrected chi connectivity index (χ3v) is 5.81. The summed E-state index contributed by atoms with van der Waals surface area (Å²) in [4.78, 5) is 23.8. The van der Waals surface area contributed by atoms with Crippen LogP contribution in [0.15, 0.2) is 47.1 Å². The smallest absolute Gasteiger partial charge is 0.303 e. The fourth-order valence-electron chi connectivity index (χ4n) is 3.77. The Morgan fingerprint density at radius 3 is 2.32 bits per heavy atom. The van der Waals surface area contributed by atoms with Gasteiger partial charge in [-0.1, -0.05) is 35.8 Å². The minimum absolute atomic E-state index is 0.0373. The van der Waals surface area contributed by atoms with Gasteiger partial charge in [0.1, 0.15) is 23.4 Å². The van der Waals surface area contributed by atoms with Crippen LogP contribution < -0.4 is 0 Å². The first-order valence-electron chi connectivity index (χ1n) is 12.1. The zero-order valence-corrected chi connectivity index (χ0v) is 21.9. The van der Waals surface area contributed by atoms with E-state index in [-0.39, 0.29) is 35.3 Å². The molecular formula is C29H42O5. The van der Waals surface area contributed by atoms with E-state index in [0.29, 0.717) is 30.4 Å². The second-order valence-corrected chi connectivity index (χ2v) is 9.64. The van der Waals surface area contributed by atoms with Crippen molar-refractivity contribution < 1.29 is 24.5 Å². The van der Waals surface area contributed by atoms with Gasteiger partial charge < -0.3 is 14.9 Å². The van der Waals surface area contributed by atoms with Gasteiger partial charge in [0.25, 0.3) is 0 Å². The Kier molecular flexibility index (Phi) is 12.4. The van der Waals surface area contributed by atoms with Crippen LogP contribution in [0.3, 0.4) is 0 Å². The second-order valence-electron chi connectivity index (χ2n) is 9.64. The van der Waals surface area contributed by atoms with Gasteiger partial charge in [-0.25, -0.2) is 0 Å². The molecule has 0 spiro atoms. The van der Waals surface area contributed by atoms with E-state index in [1.54, 1.807) is 13.0 Å². The van der Waals surface area contributed by atoms with Crippen molar-refractivity contribution in [3.63, 3.8) is 0 Å². The predicted molar refractivity (Wildman–Crippen MR) is 138 cm³/mol. The van der Waals surface area contributed by atoms with Crippen LogP contribution in [0, 0.1) is 12.8 Å². The van der Waals surface area contributed by atoms with Crippen LogP contribution >= 0.6 is 0 Å². The van der Waals surface area contributed by atoms with Gasteiger partial charge in [-0.3, -0.25) is 9.59 Å². The monoisotopic (exact) mass is 470 g/mol. The van der Waals surface area contributed by atoms with Gasteiger partial charge in [0.2, 0.25) is 0 Å². The number of aryl methyl sites for hydroxylation is 1. The highest BCUT2D eigenvalue weighted by atomic mass is 16.5. The van der Waals surface area contributed by atoms with Gasteiger partial charge in [0.15, 0.2) is 0 Å². The van der Waals surface area contributed by atoms with Crippen molar-refractivity contribution in [1.82, 2.24) is 0 Å². The van der Waals surface area contributed by atoms with Crippen molar-refractivity contribution in [3.8, 4) is 11.5 Å². The van der Waals surface area contributed by atoms with E-state index in [0.717, 1.165) is 36.0 Å². The Balaban J connectivity index is 2.72. The zero-order chi connectivity index (χ0) is 25.8. The van der Waals surface area contributed by atoms with Crippen molar-refractivity contribution in [2.45, 2.75) is 93.1 Å². The SMILES string of the molecule is CC(=O)O[C@H](/C=C(\C)CCC[C@H](C)C(=O)CC=C(C)C)C/C(C)=C/Cc1cc(O)cc(C)c1O. The van der Waals surface area contributed by atoms with E-state index in [1.807, 2.05) is 52.8 Å². The van der Waals surface area contributed by atoms with Crippen molar-refractivity contribution in [2.24, 2.45) is 5.92 Å². The topological polar surface area (TPSA) is 83.8 Å². The molecule has 34 heavy (non-hydrogen) atoms. The van der Waals surface area contributed by atoms with Crippen LogP contribution in [0.2, 0.25) is 0 Å². The van der Waals surface area contributed by atoms with E-state index >= 15 is 0 Å². The highest BCUT2D eigenvalue weighted by Crippen LogP contribution is 2.28. The Labute approximate surface area is 205 Å². The molecule has 0 heterocycles. The van der Waals surface area contributed by atoms with E-state index < -0.39 is 0 Å². The Hall–Kier alpha value is -2.82. The molecule has 2 N–H and O–H groups in total. The van der Waals surface area contributed by atoms with E-state index in [2.05, 4.69) is 0 Å². The summed E-state index contributed by atoms with van der Waals surface area (Å²) in [6.07, 6.45) is 9.69. The number of esters is 1. The summed E-state index contributed by atoms with van der Waals surface area (Å²) in [5, 5.41) is 20.0. The van der Waals surface area contributed by atoms with Gasteiger partial charge in [-0.15, -0.1) is 0 Å². The van der Waals surface area contributed by atoms with Gasteiger partial charge in [-0.05, 0) is 84.1 Å². The van der Waals surface area contributed by atoms with Crippen LogP contribution in [0.1, 0.15) is 84.8 Å².